The molecule has 0 amide bonds. The van der Waals surface area contributed by atoms with Crippen molar-refractivity contribution < 1.29 is 14.2 Å². The van der Waals surface area contributed by atoms with Crippen molar-refractivity contribution in [3.8, 4) is 28.6 Å². The Hall–Kier alpha value is -3.00. The number of halogens is 1. The van der Waals surface area contributed by atoms with Crippen molar-refractivity contribution >= 4 is 0 Å². The molecule has 2 bridgehead atoms. The van der Waals surface area contributed by atoms with Gasteiger partial charge in [0, 0.05) is 48.5 Å². The molecule has 2 aromatic heterocycles. The van der Waals surface area contributed by atoms with Crippen molar-refractivity contribution in [2.75, 3.05) is 0 Å². The Morgan fingerprint density at radius 1 is 1.17 bits per heavy atom. The summed E-state index contributed by atoms with van der Waals surface area (Å²) in [5.74, 6) is 0.510. The van der Waals surface area contributed by atoms with Crippen LogP contribution in [0.5, 0.6) is 11.6 Å². The lowest BCUT2D eigenvalue weighted by Gasteiger charge is -2.41. The van der Waals surface area contributed by atoms with Crippen molar-refractivity contribution in [1.29, 1.82) is 0 Å². The molecule has 2 aliphatic rings. The number of nitrogens with one attached hydrogen (secondary N) is 1. The molecule has 2 saturated heterocycles. The standard InChI is InChI=1S/C22H24FN5O2/c1-21-10-15(11-22(2,27-21)19(23)12-21)30-20-6-5-17(25-26-20)16-4-3-14(9-18(16)29)28-8-7-24-13-28/h3-9,13,15,19,27,29H,10-12H2,1-2H3/t15-,19+,21+,22-/m0/s1. The van der Waals surface area contributed by atoms with Crippen LogP contribution in [-0.4, -0.2) is 48.2 Å². The van der Waals surface area contributed by atoms with Gasteiger partial charge < -0.3 is 19.7 Å². The fourth-order valence-electron chi connectivity index (χ4n) is 4.89. The highest BCUT2D eigenvalue weighted by atomic mass is 19.1. The van der Waals surface area contributed by atoms with Crippen LogP contribution in [0.4, 0.5) is 4.39 Å². The molecule has 0 aliphatic carbocycles. The van der Waals surface area contributed by atoms with Gasteiger partial charge in [-0.25, -0.2) is 9.37 Å². The minimum atomic E-state index is -0.877. The van der Waals surface area contributed by atoms with E-state index in [1.165, 1.54) is 0 Å². The number of aromatic nitrogens is 4. The maximum atomic E-state index is 14.4. The summed E-state index contributed by atoms with van der Waals surface area (Å²) in [6.07, 6.45) is 5.97. The first-order valence-electron chi connectivity index (χ1n) is 10.1. The second-order valence-corrected chi connectivity index (χ2v) is 8.85. The molecule has 2 aliphatic heterocycles. The van der Waals surface area contributed by atoms with Crippen molar-refractivity contribution in [1.82, 2.24) is 25.1 Å². The Morgan fingerprint density at radius 2 is 2.03 bits per heavy atom. The van der Waals surface area contributed by atoms with E-state index in [0.29, 0.717) is 30.0 Å². The zero-order chi connectivity index (χ0) is 20.9. The number of hydrogen-bond donors (Lipinski definition) is 2. The predicted octanol–water partition coefficient (Wildman–Crippen LogP) is 3.42. The molecule has 5 rings (SSSR count). The summed E-state index contributed by atoms with van der Waals surface area (Å²) in [6, 6.07) is 8.84. The van der Waals surface area contributed by atoms with Crippen LogP contribution in [0.25, 0.3) is 16.9 Å². The molecule has 156 valence electrons. The number of ether oxygens (including phenoxy) is 1. The van der Waals surface area contributed by atoms with Gasteiger partial charge in [0.1, 0.15) is 18.0 Å². The number of hydrogen-bond acceptors (Lipinski definition) is 6. The van der Waals surface area contributed by atoms with Gasteiger partial charge in [-0.05, 0) is 38.5 Å². The summed E-state index contributed by atoms with van der Waals surface area (Å²) in [7, 11) is 0. The maximum absolute atomic E-state index is 14.4. The normalized spacial score (nSPS) is 30.4. The molecule has 8 heteroatoms. The third kappa shape index (κ3) is 3.31. The van der Waals surface area contributed by atoms with Gasteiger partial charge >= 0.3 is 0 Å². The van der Waals surface area contributed by atoms with Crippen LogP contribution in [0, 0.1) is 0 Å². The zero-order valence-corrected chi connectivity index (χ0v) is 16.9. The van der Waals surface area contributed by atoms with Crippen molar-refractivity contribution in [2.24, 2.45) is 0 Å². The van der Waals surface area contributed by atoms with Crippen LogP contribution in [0.1, 0.15) is 33.1 Å². The number of phenols is 1. The predicted molar refractivity (Wildman–Crippen MR) is 109 cm³/mol. The largest absolute Gasteiger partial charge is 0.507 e. The molecular weight excluding hydrogens is 385 g/mol. The highest BCUT2D eigenvalue weighted by Crippen LogP contribution is 2.44. The Bertz CT molecular complexity index is 1060. The third-order valence-electron chi connectivity index (χ3n) is 6.23. The summed E-state index contributed by atoms with van der Waals surface area (Å²) in [5, 5.41) is 22.3. The van der Waals surface area contributed by atoms with E-state index in [0.717, 1.165) is 12.1 Å². The first kappa shape index (κ1) is 19.0. The van der Waals surface area contributed by atoms with E-state index in [-0.39, 0.29) is 17.4 Å². The van der Waals surface area contributed by atoms with E-state index in [2.05, 4.69) is 20.5 Å². The summed E-state index contributed by atoms with van der Waals surface area (Å²) in [6.45, 7) is 3.97. The molecule has 4 atom stereocenters. The molecule has 2 N–H and O–H groups in total. The molecule has 0 saturated carbocycles. The first-order chi connectivity index (χ1) is 14.3. The lowest BCUT2D eigenvalue weighted by molar-refractivity contribution is 0.0634. The molecule has 3 aromatic rings. The van der Waals surface area contributed by atoms with Gasteiger partial charge in [-0.3, -0.25) is 0 Å². The molecule has 30 heavy (non-hydrogen) atoms. The lowest BCUT2D eigenvalue weighted by atomic mass is 9.86. The van der Waals surface area contributed by atoms with Crippen LogP contribution < -0.4 is 10.1 Å². The van der Waals surface area contributed by atoms with Crippen LogP contribution >= 0.6 is 0 Å². The highest BCUT2D eigenvalue weighted by molar-refractivity contribution is 5.68. The van der Waals surface area contributed by atoms with E-state index in [1.807, 2.05) is 19.9 Å². The van der Waals surface area contributed by atoms with E-state index in [4.69, 9.17) is 4.74 Å². The lowest BCUT2D eigenvalue weighted by Crippen LogP contribution is -2.57. The SMILES string of the molecule is C[C@]12C[C@H](Oc3ccc(-c4ccc(-n5ccnc5)cc4O)nn3)C[C@](C)(N1)[C@H](F)C2. The Morgan fingerprint density at radius 3 is 2.70 bits per heavy atom. The average Bonchev–Trinajstić information content (AvgIpc) is 3.27. The number of aromatic hydroxyl groups is 1. The summed E-state index contributed by atoms with van der Waals surface area (Å²) >= 11 is 0. The number of alkyl halides is 1. The molecule has 1 aromatic carbocycles. The van der Waals surface area contributed by atoms with E-state index in [9.17, 15) is 9.50 Å². The summed E-state index contributed by atoms with van der Waals surface area (Å²) in [5.41, 5.74) is 1.11. The van der Waals surface area contributed by atoms with Gasteiger partial charge in [0.05, 0.1) is 23.2 Å². The molecule has 0 spiro atoms. The fourth-order valence-corrected chi connectivity index (χ4v) is 4.89. The summed E-state index contributed by atoms with van der Waals surface area (Å²) in [4.78, 5) is 4.01. The minimum Gasteiger partial charge on any atom is -0.507 e. The second kappa shape index (κ2) is 6.77. The van der Waals surface area contributed by atoms with E-state index in [1.54, 1.807) is 47.6 Å². The number of nitrogens with zero attached hydrogens (tertiary/aromatic N) is 4. The van der Waals surface area contributed by atoms with Crippen LogP contribution in [-0.2, 0) is 0 Å². The molecule has 0 radical (unpaired) electrons. The Labute approximate surface area is 173 Å². The van der Waals surface area contributed by atoms with Gasteiger partial charge in [-0.2, -0.15) is 0 Å². The summed E-state index contributed by atoms with van der Waals surface area (Å²) < 4.78 is 22.3. The van der Waals surface area contributed by atoms with Gasteiger partial charge in [0.15, 0.2) is 0 Å². The van der Waals surface area contributed by atoms with Crippen molar-refractivity contribution in [2.45, 2.75) is 56.5 Å². The second-order valence-electron chi connectivity index (χ2n) is 8.85. The number of fused-ring (bicyclic) bond motifs is 2. The van der Waals surface area contributed by atoms with E-state index < -0.39 is 11.7 Å². The molecule has 0 unspecified atom stereocenters. The van der Waals surface area contributed by atoms with Gasteiger partial charge in [0.2, 0.25) is 5.88 Å². The third-order valence-corrected chi connectivity index (χ3v) is 6.23. The van der Waals surface area contributed by atoms with Crippen molar-refractivity contribution in [3.63, 3.8) is 0 Å². The Kier molecular flexibility index (Phi) is 4.28. The van der Waals surface area contributed by atoms with E-state index >= 15 is 0 Å². The number of phenolic OH excluding ortho intramolecular Hbond substituents is 1. The molecular formula is C22H24FN5O2. The van der Waals surface area contributed by atoms with Crippen molar-refractivity contribution in [3.05, 3.63) is 49.1 Å². The van der Waals surface area contributed by atoms with Gasteiger partial charge in [-0.15, -0.1) is 10.2 Å². The number of rotatable bonds is 4. The maximum Gasteiger partial charge on any atom is 0.233 e. The number of piperidine rings is 1. The minimum absolute atomic E-state index is 0.105. The first-order valence-corrected chi connectivity index (χ1v) is 10.1. The Balaban J connectivity index is 1.32. The van der Waals surface area contributed by atoms with Gasteiger partial charge in [0.25, 0.3) is 0 Å². The van der Waals surface area contributed by atoms with Crippen LogP contribution in [0.15, 0.2) is 49.1 Å². The number of benzene rings is 1. The zero-order valence-electron chi connectivity index (χ0n) is 16.9. The topological polar surface area (TPSA) is 85.1 Å². The molecule has 4 heterocycles. The van der Waals surface area contributed by atoms with Crippen LogP contribution in [0.2, 0.25) is 0 Å². The molecule has 2 fully saturated rings. The number of imidazole rings is 1. The molecule has 7 nitrogen and oxygen atoms in total. The fraction of sp³-hybridized carbons (Fsp3) is 0.409. The monoisotopic (exact) mass is 409 g/mol. The quantitative estimate of drug-likeness (QED) is 0.687. The smallest absolute Gasteiger partial charge is 0.233 e. The highest BCUT2D eigenvalue weighted by Gasteiger charge is 2.55. The van der Waals surface area contributed by atoms with Gasteiger partial charge in [-0.1, -0.05) is 0 Å². The van der Waals surface area contributed by atoms with Crippen LogP contribution in [0.3, 0.4) is 0 Å². The average molecular weight is 409 g/mol.